The third-order valence-electron chi connectivity index (χ3n) is 3.26. The van der Waals surface area contributed by atoms with Gasteiger partial charge in [0.05, 0.1) is 6.33 Å². The van der Waals surface area contributed by atoms with Crippen molar-refractivity contribution < 1.29 is 0 Å². The Bertz CT molecular complexity index is 512. The molecule has 1 aromatic heterocycles. The number of benzene rings is 1. The van der Waals surface area contributed by atoms with E-state index in [-0.39, 0.29) is 5.41 Å². The van der Waals surface area contributed by atoms with Crippen molar-refractivity contribution in [1.29, 1.82) is 0 Å². The zero-order valence-corrected chi connectivity index (χ0v) is 9.57. The Morgan fingerprint density at radius 2 is 2.25 bits per heavy atom. The Morgan fingerprint density at radius 1 is 1.38 bits per heavy atom. The first kappa shape index (κ1) is 9.46. The van der Waals surface area contributed by atoms with Crippen LogP contribution in [0, 0.1) is 0 Å². The van der Waals surface area contributed by atoms with Crippen molar-refractivity contribution in [2.24, 2.45) is 0 Å². The smallest absolute Gasteiger partial charge is 0.0991 e. The highest BCUT2D eigenvalue weighted by atomic mass is 15.0. The van der Waals surface area contributed by atoms with Crippen LogP contribution in [0.15, 0.2) is 36.9 Å². The fourth-order valence-corrected chi connectivity index (χ4v) is 2.25. The van der Waals surface area contributed by atoms with Crippen LogP contribution in [0.4, 0.5) is 5.69 Å². The van der Waals surface area contributed by atoms with Gasteiger partial charge in [-0.3, -0.25) is 0 Å². The van der Waals surface area contributed by atoms with E-state index in [2.05, 4.69) is 42.3 Å². The highest BCUT2D eigenvalue weighted by Crippen LogP contribution is 2.37. The summed E-state index contributed by atoms with van der Waals surface area (Å²) >= 11 is 0. The van der Waals surface area contributed by atoms with Gasteiger partial charge in [0.15, 0.2) is 0 Å². The van der Waals surface area contributed by atoms with Crippen molar-refractivity contribution in [3.05, 3.63) is 42.5 Å². The number of nitrogens with zero attached hydrogens (tertiary/aromatic N) is 2. The lowest BCUT2D eigenvalue weighted by Crippen LogP contribution is -2.18. The van der Waals surface area contributed by atoms with Crippen molar-refractivity contribution in [2.45, 2.75) is 19.3 Å². The molecule has 0 spiro atoms. The fraction of sp³-hybridized carbons (Fsp3) is 0.308. The van der Waals surface area contributed by atoms with Crippen LogP contribution in [-0.2, 0) is 5.41 Å². The summed E-state index contributed by atoms with van der Waals surface area (Å²) in [7, 11) is 0. The van der Waals surface area contributed by atoms with Gasteiger partial charge in [0.2, 0.25) is 0 Å². The van der Waals surface area contributed by atoms with E-state index < -0.39 is 0 Å². The molecule has 2 heterocycles. The number of hydrogen-bond donors (Lipinski definition) is 1. The minimum absolute atomic E-state index is 0.239. The topological polar surface area (TPSA) is 29.9 Å². The van der Waals surface area contributed by atoms with E-state index >= 15 is 0 Å². The van der Waals surface area contributed by atoms with Crippen LogP contribution in [0.25, 0.3) is 5.69 Å². The van der Waals surface area contributed by atoms with Gasteiger partial charge in [-0.15, -0.1) is 0 Å². The predicted octanol–water partition coefficient (Wildman–Crippen LogP) is 2.58. The highest BCUT2D eigenvalue weighted by Gasteiger charge is 2.29. The molecule has 0 aliphatic carbocycles. The average Bonchev–Trinajstić information content (AvgIpc) is 2.87. The van der Waals surface area contributed by atoms with E-state index in [9.17, 15) is 0 Å². The van der Waals surface area contributed by atoms with Gasteiger partial charge in [-0.1, -0.05) is 19.9 Å². The van der Waals surface area contributed by atoms with Crippen molar-refractivity contribution in [2.75, 3.05) is 11.9 Å². The third kappa shape index (κ3) is 1.32. The molecule has 0 atom stereocenters. The minimum atomic E-state index is 0.239. The fourth-order valence-electron chi connectivity index (χ4n) is 2.25. The molecule has 0 bridgehead atoms. The Labute approximate surface area is 95.1 Å². The minimum Gasteiger partial charge on any atom is -0.384 e. The number of hydrogen-bond acceptors (Lipinski definition) is 2. The normalized spacial score (nSPS) is 16.9. The van der Waals surface area contributed by atoms with Crippen LogP contribution in [0.1, 0.15) is 19.4 Å². The standard InChI is InChI=1S/C13H15N3/c1-13(2)8-15-12-7-10(3-4-11(12)13)16-6-5-14-9-16/h3-7,9,15H,8H2,1-2H3. The lowest BCUT2D eigenvalue weighted by Gasteiger charge is -2.17. The maximum atomic E-state index is 4.06. The summed E-state index contributed by atoms with van der Waals surface area (Å²) < 4.78 is 2.02. The summed E-state index contributed by atoms with van der Waals surface area (Å²) in [4.78, 5) is 4.06. The van der Waals surface area contributed by atoms with Crippen LogP contribution in [0.3, 0.4) is 0 Å². The van der Waals surface area contributed by atoms with Crippen LogP contribution in [0.2, 0.25) is 0 Å². The summed E-state index contributed by atoms with van der Waals surface area (Å²) in [5, 5.41) is 3.46. The van der Waals surface area contributed by atoms with E-state index in [0.717, 1.165) is 12.2 Å². The molecule has 0 fully saturated rings. The van der Waals surface area contributed by atoms with E-state index in [4.69, 9.17) is 0 Å². The molecular formula is C13H15N3. The number of rotatable bonds is 1. The molecule has 3 nitrogen and oxygen atoms in total. The van der Waals surface area contributed by atoms with Gasteiger partial charge in [-0.05, 0) is 17.7 Å². The van der Waals surface area contributed by atoms with Crippen LogP contribution in [-0.4, -0.2) is 16.1 Å². The second-order valence-electron chi connectivity index (χ2n) is 4.94. The molecule has 1 aliphatic rings. The van der Waals surface area contributed by atoms with Gasteiger partial charge in [-0.2, -0.15) is 0 Å². The van der Waals surface area contributed by atoms with Gasteiger partial charge < -0.3 is 9.88 Å². The molecule has 16 heavy (non-hydrogen) atoms. The first-order valence-electron chi connectivity index (χ1n) is 5.53. The largest absolute Gasteiger partial charge is 0.384 e. The maximum Gasteiger partial charge on any atom is 0.0991 e. The zero-order valence-electron chi connectivity index (χ0n) is 9.57. The Kier molecular flexibility index (Phi) is 1.84. The second-order valence-corrected chi connectivity index (χ2v) is 4.94. The second kappa shape index (κ2) is 3.11. The molecular weight excluding hydrogens is 198 g/mol. The zero-order chi connectivity index (χ0) is 11.2. The molecule has 3 rings (SSSR count). The SMILES string of the molecule is CC1(C)CNc2cc(-n3ccnc3)ccc21. The quantitative estimate of drug-likeness (QED) is 0.789. The molecule has 0 radical (unpaired) electrons. The maximum absolute atomic E-state index is 4.06. The molecule has 1 aromatic carbocycles. The van der Waals surface area contributed by atoms with Crippen LogP contribution in [0.5, 0.6) is 0 Å². The highest BCUT2D eigenvalue weighted by molar-refractivity contribution is 5.63. The van der Waals surface area contributed by atoms with Crippen molar-refractivity contribution in [1.82, 2.24) is 9.55 Å². The van der Waals surface area contributed by atoms with Crippen LogP contribution >= 0.6 is 0 Å². The van der Waals surface area contributed by atoms with Gasteiger partial charge in [0.25, 0.3) is 0 Å². The lowest BCUT2D eigenvalue weighted by molar-refractivity contribution is 0.586. The summed E-state index contributed by atoms with van der Waals surface area (Å²) in [6.07, 6.45) is 5.58. The lowest BCUT2D eigenvalue weighted by atomic mass is 9.87. The number of imidazole rings is 1. The summed E-state index contributed by atoms with van der Waals surface area (Å²) in [6, 6.07) is 6.55. The summed E-state index contributed by atoms with van der Waals surface area (Å²) in [6.45, 7) is 5.54. The summed E-state index contributed by atoms with van der Waals surface area (Å²) in [5.41, 5.74) is 4.04. The Morgan fingerprint density at radius 3 is 3.00 bits per heavy atom. The predicted molar refractivity (Wildman–Crippen MR) is 65.1 cm³/mol. The van der Waals surface area contributed by atoms with E-state index in [1.807, 2.05) is 17.1 Å². The number of anilines is 1. The molecule has 1 N–H and O–H groups in total. The van der Waals surface area contributed by atoms with Gasteiger partial charge >= 0.3 is 0 Å². The molecule has 3 heteroatoms. The van der Waals surface area contributed by atoms with Crippen molar-refractivity contribution in [3.8, 4) is 5.69 Å². The average molecular weight is 213 g/mol. The van der Waals surface area contributed by atoms with Crippen LogP contribution < -0.4 is 5.32 Å². The van der Waals surface area contributed by atoms with E-state index in [1.165, 1.54) is 11.3 Å². The number of aromatic nitrogens is 2. The molecule has 2 aromatic rings. The summed E-state index contributed by atoms with van der Waals surface area (Å²) in [5.74, 6) is 0. The first-order chi connectivity index (χ1) is 7.67. The molecule has 1 aliphatic heterocycles. The first-order valence-corrected chi connectivity index (χ1v) is 5.53. The monoisotopic (exact) mass is 213 g/mol. The van der Waals surface area contributed by atoms with Crippen molar-refractivity contribution >= 4 is 5.69 Å². The van der Waals surface area contributed by atoms with E-state index in [1.54, 1.807) is 6.20 Å². The Balaban J connectivity index is 2.08. The van der Waals surface area contributed by atoms with Gasteiger partial charge in [0.1, 0.15) is 0 Å². The Hall–Kier alpha value is -1.77. The molecule has 0 unspecified atom stereocenters. The number of fused-ring (bicyclic) bond motifs is 1. The third-order valence-corrected chi connectivity index (χ3v) is 3.26. The molecule has 0 amide bonds. The molecule has 0 saturated heterocycles. The van der Waals surface area contributed by atoms with Gasteiger partial charge in [-0.25, -0.2) is 4.98 Å². The van der Waals surface area contributed by atoms with E-state index in [0.29, 0.717) is 0 Å². The molecule has 82 valence electrons. The van der Waals surface area contributed by atoms with Gasteiger partial charge in [0, 0.05) is 35.7 Å². The number of nitrogens with one attached hydrogen (secondary N) is 1. The van der Waals surface area contributed by atoms with Crippen molar-refractivity contribution in [3.63, 3.8) is 0 Å². The molecule has 0 saturated carbocycles.